The van der Waals surface area contributed by atoms with Crippen LogP contribution in [0.2, 0.25) is 0 Å². The molecule has 9 heteroatoms. The molecule has 1 saturated heterocycles. The van der Waals surface area contributed by atoms with Crippen molar-refractivity contribution >= 4 is 17.8 Å². The second kappa shape index (κ2) is 14.5. The van der Waals surface area contributed by atoms with Crippen LogP contribution < -0.4 is 9.64 Å². The molecule has 5 fully saturated rings. The highest BCUT2D eigenvalue weighted by Crippen LogP contribution is 2.58. The minimum Gasteiger partial charge on any atom is -0.496 e. The number of rotatable bonds is 8. The molecule has 4 aliphatic carbocycles. The molecule has 3 aromatic rings. The Morgan fingerprint density at radius 2 is 1.62 bits per heavy atom. The molecule has 0 spiro atoms. The number of amides is 2. The number of piperidine rings is 1. The molecule has 280 valence electrons. The summed E-state index contributed by atoms with van der Waals surface area (Å²) < 4.78 is 13.5. The molecule has 2 bridgehead atoms. The Kier molecular flexibility index (Phi) is 10.2. The van der Waals surface area contributed by atoms with Crippen molar-refractivity contribution in [1.29, 1.82) is 0 Å². The summed E-state index contributed by atoms with van der Waals surface area (Å²) in [6, 6.07) is 10.8. The number of methoxy groups -OCH3 is 1. The summed E-state index contributed by atoms with van der Waals surface area (Å²) in [5.74, 6) is 2.37. The number of aryl methyl sites for hydroxylation is 1. The van der Waals surface area contributed by atoms with E-state index in [2.05, 4.69) is 70.2 Å². The maximum atomic E-state index is 14.8. The lowest BCUT2D eigenvalue weighted by molar-refractivity contribution is -0.124. The van der Waals surface area contributed by atoms with Crippen LogP contribution in [0, 0.1) is 24.2 Å². The number of aromatic nitrogens is 3. The van der Waals surface area contributed by atoms with E-state index in [0.29, 0.717) is 25.3 Å². The van der Waals surface area contributed by atoms with Crippen molar-refractivity contribution in [2.24, 2.45) is 17.3 Å². The van der Waals surface area contributed by atoms with Gasteiger partial charge in [0.1, 0.15) is 17.7 Å². The van der Waals surface area contributed by atoms with E-state index in [4.69, 9.17) is 14.5 Å². The zero-order chi connectivity index (χ0) is 36.7. The largest absolute Gasteiger partial charge is 0.496 e. The van der Waals surface area contributed by atoms with E-state index in [9.17, 15) is 9.59 Å². The average Bonchev–Trinajstić information content (AvgIpc) is 3.67. The summed E-state index contributed by atoms with van der Waals surface area (Å²) in [6.45, 7) is 13.0. The van der Waals surface area contributed by atoms with Crippen LogP contribution >= 0.6 is 0 Å². The minimum atomic E-state index is -0.186. The van der Waals surface area contributed by atoms with Gasteiger partial charge < -0.3 is 14.4 Å². The Morgan fingerprint density at radius 3 is 2.23 bits per heavy atom. The number of ether oxygens (including phenoxy) is 2. The molecule has 0 radical (unpaired) electrons. The number of hydrogen-bond donors (Lipinski definition) is 0. The standard InChI is InChI=1S/C43H59N5O4/c1-30-14-23-46(24-15-30)40(50)52-36-10-7-32(8-11-36)39(49)47(38-26-33(13-22-44-38)34-27-45-48(28-34)41(3,4)5)29-42-16-19-43(20-17-42,21-18-42)35-9-12-37(51-6)31(2)25-35/h9,12-13,22,25-28,30,32,36H,7-8,10-11,14-21,23-24,29H2,1-6H3/t32-,36-,42?,43?. The number of benzene rings is 1. The third-order valence-electron chi connectivity index (χ3n) is 13.1. The Bertz CT molecular complexity index is 1720. The van der Waals surface area contributed by atoms with Crippen LogP contribution in [0.3, 0.4) is 0 Å². The summed E-state index contributed by atoms with van der Waals surface area (Å²) in [5.41, 5.74) is 4.79. The normalized spacial score (nSPS) is 26.6. The van der Waals surface area contributed by atoms with Crippen molar-refractivity contribution < 1.29 is 19.1 Å². The van der Waals surface area contributed by atoms with Gasteiger partial charge in [0.2, 0.25) is 5.91 Å². The molecule has 8 rings (SSSR count). The highest BCUT2D eigenvalue weighted by atomic mass is 16.6. The molecule has 0 atom stereocenters. The SMILES string of the molecule is COc1ccc(C23CCC(CN(c4cc(-c5cnn(C(C)(C)C)c5)ccn4)C(=O)[C@H]4CC[C@H](OC(=O)N5CCC(C)CC5)CC4)(CC2)CC3)cc1C. The molecule has 1 aliphatic heterocycles. The summed E-state index contributed by atoms with van der Waals surface area (Å²) in [5, 5.41) is 4.65. The summed E-state index contributed by atoms with van der Waals surface area (Å²) in [4.78, 5) is 36.5. The van der Waals surface area contributed by atoms with Gasteiger partial charge in [-0.1, -0.05) is 19.1 Å². The molecular weight excluding hydrogens is 651 g/mol. The fourth-order valence-electron chi connectivity index (χ4n) is 9.39. The maximum Gasteiger partial charge on any atom is 0.410 e. The summed E-state index contributed by atoms with van der Waals surface area (Å²) >= 11 is 0. The van der Waals surface area contributed by atoms with Gasteiger partial charge in [-0.05, 0) is 156 Å². The Hall–Kier alpha value is -3.88. The van der Waals surface area contributed by atoms with Gasteiger partial charge in [-0.2, -0.15) is 5.10 Å². The predicted molar refractivity (Wildman–Crippen MR) is 205 cm³/mol. The number of carbonyl (C=O) groups excluding carboxylic acids is 2. The number of anilines is 1. The fraction of sp³-hybridized carbons (Fsp3) is 0.628. The smallest absolute Gasteiger partial charge is 0.410 e. The van der Waals surface area contributed by atoms with Gasteiger partial charge in [-0.15, -0.1) is 0 Å². The van der Waals surface area contributed by atoms with Crippen LogP contribution in [-0.4, -0.2) is 64.5 Å². The Labute approximate surface area is 310 Å². The van der Waals surface area contributed by atoms with Crippen molar-refractivity contribution in [2.75, 3.05) is 31.6 Å². The zero-order valence-corrected chi connectivity index (χ0v) is 32.3. The topological polar surface area (TPSA) is 89.8 Å². The van der Waals surface area contributed by atoms with Crippen molar-refractivity contribution in [3.8, 4) is 16.9 Å². The first-order chi connectivity index (χ1) is 24.9. The third-order valence-corrected chi connectivity index (χ3v) is 13.1. The van der Waals surface area contributed by atoms with Gasteiger partial charge in [0.15, 0.2) is 0 Å². The quantitative estimate of drug-likeness (QED) is 0.232. The highest BCUT2D eigenvalue weighted by Gasteiger charge is 2.51. The molecular formula is C43H59N5O4. The Balaban J connectivity index is 1.09. The van der Waals surface area contributed by atoms with Gasteiger partial charge >= 0.3 is 6.09 Å². The first-order valence-electron chi connectivity index (χ1n) is 19.8. The van der Waals surface area contributed by atoms with Gasteiger partial charge in [-0.3, -0.25) is 14.4 Å². The van der Waals surface area contributed by atoms with E-state index in [1.807, 2.05) is 32.9 Å². The lowest BCUT2D eigenvalue weighted by Crippen LogP contribution is -2.52. The highest BCUT2D eigenvalue weighted by molar-refractivity contribution is 5.95. The summed E-state index contributed by atoms with van der Waals surface area (Å²) in [7, 11) is 1.74. The van der Waals surface area contributed by atoms with E-state index in [1.54, 1.807) is 7.11 Å². The molecule has 2 aromatic heterocycles. The first kappa shape index (κ1) is 36.5. The molecule has 0 unspecified atom stereocenters. The lowest BCUT2D eigenvalue weighted by Gasteiger charge is -2.55. The second-order valence-corrected chi connectivity index (χ2v) is 17.7. The Morgan fingerprint density at radius 1 is 0.923 bits per heavy atom. The van der Waals surface area contributed by atoms with Gasteiger partial charge in [0.25, 0.3) is 0 Å². The van der Waals surface area contributed by atoms with Gasteiger partial charge in [0.05, 0.1) is 18.8 Å². The number of fused-ring (bicyclic) bond motifs is 3. The lowest BCUT2D eigenvalue weighted by atomic mass is 9.51. The molecule has 0 N–H and O–H groups in total. The van der Waals surface area contributed by atoms with E-state index in [0.717, 1.165) is 100.0 Å². The van der Waals surface area contributed by atoms with Crippen molar-refractivity contribution in [3.63, 3.8) is 0 Å². The van der Waals surface area contributed by atoms with Crippen molar-refractivity contribution in [3.05, 3.63) is 60.0 Å². The molecule has 3 heterocycles. The molecule has 4 saturated carbocycles. The first-order valence-corrected chi connectivity index (χ1v) is 19.8. The molecule has 1 aromatic carbocycles. The summed E-state index contributed by atoms with van der Waals surface area (Å²) in [6.07, 6.45) is 17.1. The monoisotopic (exact) mass is 709 g/mol. The second-order valence-electron chi connectivity index (χ2n) is 17.7. The molecule has 52 heavy (non-hydrogen) atoms. The number of carbonyl (C=O) groups is 2. The number of likely N-dealkylation sites (tertiary alicyclic amines) is 1. The number of pyridine rings is 1. The van der Waals surface area contributed by atoms with E-state index in [1.165, 1.54) is 11.1 Å². The van der Waals surface area contributed by atoms with Crippen LogP contribution in [-0.2, 0) is 20.5 Å². The van der Waals surface area contributed by atoms with Crippen molar-refractivity contribution in [2.45, 2.75) is 129 Å². The van der Waals surface area contributed by atoms with Crippen LogP contribution in [0.5, 0.6) is 5.75 Å². The molecule has 9 nitrogen and oxygen atoms in total. The van der Waals surface area contributed by atoms with Crippen LogP contribution in [0.4, 0.5) is 10.6 Å². The van der Waals surface area contributed by atoms with Crippen LogP contribution in [0.1, 0.15) is 116 Å². The number of nitrogens with zero attached hydrogens (tertiary/aromatic N) is 5. The third kappa shape index (κ3) is 7.47. The van der Waals surface area contributed by atoms with E-state index >= 15 is 0 Å². The maximum absolute atomic E-state index is 14.8. The van der Waals surface area contributed by atoms with Crippen LogP contribution in [0.15, 0.2) is 48.9 Å². The minimum absolute atomic E-state index is 0.0619. The average molecular weight is 710 g/mol. The molecule has 5 aliphatic rings. The fourth-order valence-corrected chi connectivity index (χ4v) is 9.39. The molecule has 2 amide bonds. The van der Waals surface area contributed by atoms with Crippen molar-refractivity contribution in [1.82, 2.24) is 19.7 Å². The van der Waals surface area contributed by atoms with Gasteiger partial charge in [-0.25, -0.2) is 9.78 Å². The van der Waals surface area contributed by atoms with Gasteiger partial charge in [0, 0.05) is 43.5 Å². The van der Waals surface area contributed by atoms with E-state index < -0.39 is 0 Å². The number of hydrogen-bond acceptors (Lipinski definition) is 6. The van der Waals surface area contributed by atoms with Crippen LogP contribution in [0.25, 0.3) is 11.1 Å². The predicted octanol–water partition coefficient (Wildman–Crippen LogP) is 9.07. The zero-order valence-electron chi connectivity index (χ0n) is 32.3. The van der Waals surface area contributed by atoms with E-state index in [-0.39, 0.29) is 40.4 Å².